The Morgan fingerprint density at radius 3 is 2.42 bits per heavy atom. The predicted molar refractivity (Wildman–Crippen MR) is 131 cm³/mol. The lowest BCUT2D eigenvalue weighted by molar-refractivity contribution is 0.102. The number of fused-ring (bicyclic) bond motifs is 2. The quantitative estimate of drug-likeness (QED) is 0.445. The molecule has 0 spiro atoms. The number of amides is 1. The van der Waals surface area contributed by atoms with Gasteiger partial charge in [0.25, 0.3) is 5.91 Å². The molecule has 1 amide bonds. The van der Waals surface area contributed by atoms with Gasteiger partial charge in [0.1, 0.15) is 11.1 Å². The van der Waals surface area contributed by atoms with Crippen molar-refractivity contribution in [2.24, 2.45) is 0 Å². The van der Waals surface area contributed by atoms with Gasteiger partial charge in [-0.05, 0) is 66.6 Å². The van der Waals surface area contributed by atoms with Gasteiger partial charge in [0.05, 0.1) is 0 Å². The van der Waals surface area contributed by atoms with E-state index < -0.39 is 0 Å². The number of aryl methyl sites for hydroxylation is 2. The minimum atomic E-state index is -0.328. The first-order valence-corrected chi connectivity index (χ1v) is 11.6. The average Bonchev–Trinajstić information content (AvgIpc) is 2.85. The second-order valence-electron chi connectivity index (χ2n) is 8.86. The van der Waals surface area contributed by atoms with Crippen LogP contribution in [0.1, 0.15) is 34.3 Å². The van der Waals surface area contributed by atoms with Crippen molar-refractivity contribution in [1.29, 1.82) is 5.41 Å². The van der Waals surface area contributed by atoms with Crippen LogP contribution in [-0.4, -0.2) is 19.0 Å². The monoisotopic (exact) mass is 435 g/mol. The van der Waals surface area contributed by atoms with Crippen molar-refractivity contribution in [3.05, 3.63) is 89.0 Å². The number of carbonyl (C=O) groups is 1. The van der Waals surface area contributed by atoms with Crippen LogP contribution in [0, 0.1) is 5.41 Å². The second-order valence-corrected chi connectivity index (χ2v) is 8.86. The summed E-state index contributed by atoms with van der Waals surface area (Å²) in [4.78, 5) is 15.5. The molecule has 3 heterocycles. The van der Waals surface area contributed by atoms with Gasteiger partial charge in [0, 0.05) is 35.4 Å². The predicted octanol–water partition coefficient (Wildman–Crippen LogP) is 5.53. The number of hydrogen-bond acceptors (Lipinski definition) is 4. The van der Waals surface area contributed by atoms with Crippen LogP contribution in [0.3, 0.4) is 0 Å². The summed E-state index contributed by atoms with van der Waals surface area (Å²) >= 11 is 0. The minimum Gasteiger partial charge on any atom is -0.438 e. The SMILES string of the molecule is N=c1oc2c3c4c(cc2cc1C(=O)Nc1ccc(-c2ccccc2)cc1)CCCN4CCC3. The van der Waals surface area contributed by atoms with E-state index in [9.17, 15) is 4.79 Å². The molecule has 2 aliphatic rings. The van der Waals surface area contributed by atoms with Crippen LogP contribution in [0.4, 0.5) is 11.4 Å². The Kier molecular flexibility index (Phi) is 4.75. The van der Waals surface area contributed by atoms with Crippen LogP contribution >= 0.6 is 0 Å². The molecule has 1 aromatic heterocycles. The second kappa shape index (κ2) is 7.93. The summed E-state index contributed by atoms with van der Waals surface area (Å²) in [6.45, 7) is 2.17. The van der Waals surface area contributed by atoms with Gasteiger partial charge in [-0.1, -0.05) is 42.5 Å². The summed E-state index contributed by atoms with van der Waals surface area (Å²) in [5.41, 5.74) is 7.66. The van der Waals surface area contributed by atoms with Gasteiger partial charge in [-0.3, -0.25) is 10.2 Å². The summed E-state index contributed by atoms with van der Waals surface area (Å²) in [7, 11) is 0. The number of carbonyl (C=O) groups excluding carboxylic acids is 1. The molecule has 0 saturated heterocycles. The van der Waals surface area contributed by atoms with Crippen molar-refractivity contribution < 1.29 is 9.21 Å². The van der Waals surface area contributed by atoms with E-state index in [4.69, 9.17) is 9.83 Å². The normalized spacial score (nSPS) is 14.7. The molecular weight excluding hydrogens is 410 g/mol. The Balaban J connectivity index is 1.32. The van der Waals surface area contributed by atoms with E-state index in [2.05, 4.69) is 28.4 Å². The van der Waals surface area contributed by atoms with Gasteiger partial charge in [-0.25, -0.2) is 0 Å². The van der Waals surface area contributed by atoms with Crippen molar-refractivity contribution in [3.8, 4) is 11.1 Å². The maximum absolute atomic E-state index is 13.0. The zero-order chi connectivity index (χ0) is 22.4. The Morgan fingerprint density at radius 2 is 1.64 bits per heavy atom. The lowest BCUT2D eigenvalue weighted by Crippen LogP contribution is -2.34. The van der Waals surface area contributed by atoms with Gasteiger partial charge in [-0.2, -0.15) is 0 Å². The van der Waals surface area contributed by atoms with Crippen molar-refractivity contribution in [3.63, 3.8) is 0 Å². The lowest BCUT2D eigenvalue weighted by atomic mass is 9.90. The molecule has 4 aromatic rings. The molecule has 33 heavy (non-hydrogen) atoms. The van der Waals surface area contributed by atoms with Crippen molar-refractivity contribution >= 4 is 28.3 Å². The van der Waals surface area contributed by atoms with E-state index in [1.807, 2.05) is 48.5 Å². The molecular formula is C28H25N3O2. The maximum atomic E-state index is 13.0. The Hall–Kier alpha value is -3.86. The molecule has 5 heteroatoms. The van der Waals surface area contributed by atoms with Crippen LogP contribution in [0.2, 0.25) is 0 Å². The van der Waals surface area contributed by atoms with Gasteiger partial charge in [-0.15, -0.1) is 0 Å². The Bertz CT molecular complexity index is 1420. The van der Waals surface area contributed by atoms with Gasteiger partial charge in [0.15, 0.2) is 0 Å². The molecule has 0 saturated carbocycles. The van der Waals surface area contributed by atoms with Crippen LogP contribution < -0.4 is 15.8 Å². The largest absolute Gasteiger partial charge is 0.438 e. The highest BCUT2D eigenvalue weighted by molar-refractivity contribution is 6.06. The third-order valence-electron chi connectivity index (χ3n) is 6.74. The standard InChI is InChI=1S/C28H25N3O2/c29-27-24(28(32)30-22-12-10-19(11-13-22)18-6-2-1-3-7-18)17-21-16-20-8-4-14-31-15-5-9-23(25(20)31)26(21)33-27/h1-3,6-7,10-13,16-17,29H,4-5,8-9,14-15H2,(H,30,32). The highest BCUT2D eigenvalue weighted by atomic mass is 16.3. The molecule has 0 bridgehead atoms. The first-order chi connectivity index (χ1) is 16.2. The number of hydrogen-bond donors (Lipinski definition) is 2. The maximum Gasteiger partial charge on any atom is 0.261 e. The molecule has 0 radical (unpaired) electrons. The minimum absolute atomic E-state index is 0.0926. The van der Waals surface area contributed by atoms with Gasteiger partial charge in [0.2, 0.25) is 5.55 Å². The average molecular weight is 436 g/mol. The fourth-order valence-corrected chi connectivity index (χ4v) is 5.21. The number of benzene rings is 3. The zero-order valence-corrected chi connectivity index (χ0v) is 18.4. The van der Waals surface area contributed by atoms with Gasteiger partial charge < -0.3 is 14.6 Å². The molecule has 0 unspecified atom stereocenters. The van der Waals surface area contributed by atoms with Crippen molar-refractivity contribution in [2.45, 2.75) is 25.7 Å². The van der Waals surface area contributed by atoms with E-state index in [1.165, 1.54) is 16.8 Å². The van der Waals surface area contributed by atoms with Crippen molar-refractivity contribution in [1.82, 2.24) is 0 Å². The third kappa shape index (κ3) is 3.50. The molecule has 0 fully saturated rings. The fraction of sp³-hybridized carbons (Fsp3) is 0.214. The summed E-state index contributed by atoms with van der Waals surface area (Å²) in [6.07, 6.45) is 4.25. The molecule has 3 aromatic carbocycles. The molecule has 2 aliphatic heterocycles. The number of nitrogens with one attached hydrogen (secondary N) is 2. The van der Waals surface area contributed by atoms with Crippen LogP contribution in [0.25, 0.3) is 22.1 Å². The Labute approximate surface area is 192 Å². The molecule has 0 aliphatic carbocycles. The summed E-state index contributed by atoms with van der Waals surface area (Å²) in [6, 6.07) is 21.8. The molecule has 5 nitrogen and oxygen atoms in total. The number of nitrogens with zero attached hydrogens (tertiary/aromatic N) is 1. The van der Waals surface area contributed by atoms with Crippen LogP contribution in [0.5, 0.6) is 0 Å². The highest BCUT2D eigenvalue weighted by Gasteiger charge is 2.27. The van der Waals surface area contributed by atoms with E-state index in [-0.39, 0.29) is 17.0 Å². The van der Waals surface area contributed by atoms with Crippen LogP contribution in [0.15, 0.2) is 71.1 Å². The molecule has 2 N–H and O–H groups in total. The third-order valence-corrected chi connectivity index (χ3v) is 6.74. The summed E-state index contributed by atoms with van der Waals surface area (Å²) in [5, 5.41) is 12.3. The highest BCUT2D eigenvalue weighted by Crippen LogP contribution is 2.39. The van der Waals surface area contributed by atoms with E-state index in [0.29, 0.717) is 5.69 Å². The summed E-state index contributed by atoms with van der Waals surface area (Å²) in [5.74, 6) is -0.328. The Morgan fingerprint density at radius 1 is 0.909 bits per heavy atom. The van der Waals surface area contributed by atoms with Gasteiger partial charge >= 0.3 is 0 Å². The number of anilines is 2. The topological polar surface area (TPSA) is 69.3 Å². The first kappa shape index (κ1) is 19.8. The smallest absolute Gasteiger partial charge is 0.261 e. The summed E-state index contributed by atoms with van der Waals surface area (Å²) < 4.78 is 5.98. The first-order valence-electron chi connectivity index (χ1n) is 11.6. The fourth-order valence-electron chi connectivity index (χ4n) is 5.21. The van der Waals surface area contributed by atoms with E-state index >= 15 is 0 Å². The lowest BCUT2D eigenvalue weighted by Gasteiger charge is -2.37. The number of rotatable bonds is 3. The molecule has 0 atom stereocenters. The van der Waals surface area contributed by atoms with Crippen LogP contribution in [-0.2, 0) is 12.8 Å². The molecule has 6 rings (SSSR count). The van der Waals surface area contributed by atoms with E-state index in [1.54, 1.807) is 0 Å². The van der Waals surface area contributed by atoms with Crippen molar-refractivity contribution in [2.75, 3.05) is 23.3 Å². The molecule has 164 valence electrons. The zero-order valence-electron chi connectivity index (χ0n) is 18.4. The van der Waals surface area contributed by atoms with E-state index in [0.717, 1.165) is 60.9 Å².